The molecule has 0 unspecified atom stereocenters. The van der Waals surface area contributed by atoms with Crippen LogP contribution >= 0.6 is 0 Å². The molecule has 0 saturated carbocycles. The van der Waals surface area contributed by atoms with Gasteiger partial charge in [0.2, 0.25) is 5.91 Å². The Bertz CT molecular complexity index is 753. The van der Waals surface area contributed by atoms with E-state index in [-0.39, 0.29) is 11.8 Å². The minimum atomic E-state index is -0.278. The van der Waals surface area contributed by atoms with Gasteiger partial charge in [0.1, 0.15) is 5.71 Å². The van der Waals surface area contributed by atoms with Gasteiger partial charge in [-0.2, -0.15) is 10.2 Å². The number of carbonyl (C=O) groups excluding carboxylic acids is 2. The molecule has 0 aliphatic carbocycles. The molecule has 1 aliphatic rings. The minimum Gasteiger partial charge on any atom is -0.347 e. The third-order valence-corrected chi connectivity index (χ3v) is 3.50. The van der Waals surface area contributed by atoms with Crippen molar-refractivity contribution in [3.8, 4) is 5.82 Å². The standard InChI is InChI=1S/C15H16N6O2/c1-20-13(22)6-5-12(19-20)15(23)17-10-11-4-2-7-16-14(11)21-9-3-8-18-21/h2-4,7-9H,5-6,10H2,1H3,(H,17,23). The smallest absolute Gasteiger partial charge is 0.267 e. The molecule has 3 rings (SSSR count). The van der Waals surface area contributed by atoms with Crippen molar-refractivity contribution in [2.75, 3.05) is 7.05 Å². The predicted molar refractivity (Wildman–Crippen MR) is 82.6 cm³/mol. The lowest BCUT2D eigenvalue weighted by atomic mass is 10.1. The van der Waals surface area contributed by atoms with Crippen molar-refractivity contribution >= 4 is 17.5 Å². The number of amides is 2. The first kappa shape index (κ1) is 14.9. The first-order chi connectivity index (χ1) is 11.1. The molecular weight excluding hydrogens is 296 g/mol. The van der Waals surface area contributed by atoms with Gasteiger partial charge in [-0.3, -0.25) is 9.59 Å². The van der Waals surface area contributed by atoms with Crippen LogP contribution in [0, 0.1) is 0 Å². The van der Waals surface area contributed by atoms with Crippen LogP contribution in [0.4, 0.5) is 0 Å². The van der Waals surface area contributed by atoms with Gasteiger partial charge in [0.05, 0.1) is 0 Å². The zero-order valence-electron chi connectivity index (χ0n) is 12.6. The Hall–Kier alpha value is -3.03. The van der Waals surface area contributed by atoms with Gasteiger partial charge >= 0.3 is 0 Å². The molecule has 118 valence electrons. The fourth-order valence-corrected chi connectivity index (χ4v) is 2.28. The summed E-state index contributed by atoms with van der Waals surface area (Å²) in [7, 11) is 1.55. The highest BCUT2D eigenvalue weighted by Crippen LogP contribution is 2.11. The summed E-state index contributed by atoms with van der Waals surface area (Å²) < 4.78 is 1.64. The number of rotatable bonds is 4. The Labute approximate surface area is 132 Å². The Balaban J connectivity index is 1.71. The Morgan fingerprint density at radius 1 is 1.30 bits per heavy atom. The fraction of sp³-hybridized carbons (Fsp3) is 0.267. The molecule has 2 aromatic heterocycles. The van der Waals surface area contributed by atoms with E-state index >= 15 is 0 Å². The molecule has 0 fully saturated rings. The molecule has 2 aromatic rings. The molecule has 2 amide bonds. The van der Waals surface area contributed by atoms with Crippen LogP contribution in [0.5, 0.6) is 0 Å². The molecule has 23 heavy (non-hydrogen) atoms. The van der Waals surface area contributed by atoms with E-state index in [1.54, 1.807) is 42.5 Å². The molecular formula is C15H16N6O2. The minimum absolute atomic E-state index is 0.0882. The van der Waals surface area contributed by atoms with Crippen LogP contribution < -0.4 is 5.32 Å². The number of carbonyl (C=O) groups is 2. The average Bonchev–Trinajstić information content (AvgIpc) is 3.10. The quantitative estimate of drug-likeness (QED) is 0.889. The normalized spacial score (nSPS) is 14.6. The van der Waals surface area contributed by atoms with Gasteiger partial charge < -0.3 is 5.32 Å². The third-order valence-electron chi connectivity index (χ3n) is 3.50. The molecule has 8 heteroatoms. The topological polar surface area (TPSA) is 92.5 Å². The van der Waals surface area contributed by atoms with E-state index in [4.69, 9.17) is 0 Å². The molecule has 0 bridgehead atoms. The molecule has 0 radical (unpaired) electrons. The summed E-state index contributed by atoms with van der Waals surface area (Å²) in [5, 5.41) is 12.2. The van der Waals surface area contributed by atoms with Crippen LogP contribution in [-0.4, -0.2) is 44.3 Å². The van der Waals surface area contributed by atoms with Crippen molar-refractivity contribution in [2.24, 2.45) is 5.10 Å². The van der Waals surface area contributed by atoms with E-state index in [0.29, 0.717) is 30.9 Å². The van der Waals surface area contributed by atoms with Gasteiger partial charge in [0.25, 0.3) is 5.91 Å². The number of nitrogens with zero attached hydrogens (tertiary/aromatic N) is 5. The van der Waals surface area contributed by atoms with Crippen LogP contribution in [-0.2, 0) is 16.1 Å². The van der Waals surface area contributed by atoms with Crippen molar-refractivity contribution in [2.45, 2.75) is 19.4 Å². The number of aromatic nitrogens is 3. The highest BCUT2D eigenvalue weighted by Gasteiger charge is 2.21. The van der Waals surface area contributed by atoms with E-state index < -0.39 is 0 Å². The lowest BCUT2D eigenvalue weighted by molar-refractivity contribution is -0.130. The maximum atomic E-state index is 12.2. The molecule has 0 spiro atoms. The molecule has 0 saturated heterocycles. The largest absolute Gasteiger partial charge is 0.347 e. The van der Waals surface area contributed by atoms with Gasteiger partial charge in [-0.05, 0) is 12.1 Å². The van der Waals surface area contributed by atoms with Gasteiger partial charge in [-0.25, -0.2) is 14.7 Å². The Morgan fingerprint density at radius 2 is 2.17 bits per heavy atom. The maximum Gasteiger partial charge on any atom is 0.267 e. The van der Waals surface area contributed by atoms with E-state index in [1.807, 2.05) is 6.07 Å². The van der Waals surface area contributed by atoms with Crippen LogP contribution in [0.2, 0.25) is 0 Å². The summed E-state index contributed by atoms with van der Waals surface area (Å²) in [6.07, 6.45) is 5.79. The SMILES string of the molecule is CN1N=C(C(=O)NCc2cccnc2-n2cccn2)CCC1=O. The summed E-state index contributed by atoms with van der Waals surface area (Å²) in [6.45, 7) is 0.304. The van der Waals surface area contributed by atoms with Crippen LogP contribution in [0.3, 0.4) is 0 Å². The van der Waals surface area contributed by atoms with Crippen molar-refractivity contribution in [3.63, 3.8) is 0 Å². The molecule has 0 atom stereocenters. The summed E-state index contributed by atoms with van der Waals surface area (Å²) in [5.74, 6) is 0.296. The van der Waals surface area contributed by atoms with Gasteiger partial charge in [0.15, 0.2) is 5.82 Å². The number of hydrazone groups is 1. The van der Waals surface area contributed by atoms with E-state index in [9.17, 15) is 9.59 Å². The molecule has 3 heterocycles. The second-order valence-corrected chi connectivity index (χ2v) is 5.08. The maximum absolute atomic E-state index is 12.2. The third kappa shape index (κ3) is 3.25. The first-order valence-corrected chi connectivity index (χ1v) is 7.21. The number of hydrogen-bond acceptors (Lipinski definition) is 5. The van der Waals surface area contributed by atoms with Crippen molar-refractivity contribution < 1.29 is 9.59 Å². The van der Waals surface area contributed by atoms with E-state index in [2.05, 4.69) is 20.5 Å². The number of pyridine rings is 1. The predicted octanol–water partition coefficient (Wildman–Crippen LogP) is 0.492. The number of hydrogen-bond donors (Lipinski definition) is 1. The zero-order valence-corrected chi connectivity index (χ0v) is 12.6. The summed E-state index contributed by atoms with van der Waals surface area (Å²) >= 11 is 0. The van der Waals surface area contributed by atoms with E-state index in [0.717, 1.165) is 5.56 Å². The van der Waals surface area contributed by atoms with Crippen molar-refractivity contribution in [1.29, 1.82) is 0 Å². The average molecular weight is 312 g/mol. The molecule has 8 nitrogen and oxygen atoms in total. The second-order valence-electron chi connectivity index (χ2n) is 5.08. The zero-order chi connectivity index (χ0) is 16.2. The number of nitrogens with one attached hydrogen (secondary N) is 1. The van der Waals surface area contributed by atoms with Gasteiger partial charge in [-0.1, -0.05) is 6.07 Å². The highest BCUT2D eigenvalue weighted by atomic mass is 16.2. The van der Waals surface area contributed by atoms with Gasteiger partial charge in [-0.15, -0.1) is 0 Å². The van der Waals surface area contributed by atoms with Crippen LogP contribution in [0.25, 0.3) is 5.82 Å². The van der Waals surface area contributed by atoms with Gasteiger partial charge in [0, 0.05) is 50.6 Å². The first-order valence-electron chi connectivity index (χ1n) is 7.21. The lowest BCUT2D eigenvalue weighted by Crippen LogP contribution is -2.37. The summed E-state index contributed by atoms with van der Waals surface area (Å²) in [5.41, 5.74) is 1.20. The molecule has 1 aliphatic heterocycles. The summed E-state index contributed by atoms with van der Waals surface area (Å²) in [4.78, 5) is 27.9. The van der Waals surface area contributed by atoms with Crippen LogP contribution in [0.1, 0.15) is 18.4 Å². The lowest BCUT2D eigenvalue weighted by Gasteiger charge is -2.19. The molecule has 1 N–H and O–H groups in total. The summed E-state index contributed by atoms with van der Waals surface area (Å²) in [6, 6.07) is 5.49. The van der Waals surface area contributed by atoms with Crippen molar-refractivity contribution in [3.05, 3.63) is 42.4 Å². The highest BCUT2D eigenvalue weighted by molar-refractivity contribution is 6.39. The molecule has 0 aromatic carbocycles. The van der Waals surface area contributed by atoms with Crippen LogP contribution in [0.15, 0.2) is 41.9 Å². The van der Waals surface area contributed by atoms with Crippen molar-refractivity contribution in [1.82, 2.24) is 25.1 Å². The Kier molecular flexibility index (Phi) is 4.13. The Morgan fingerprint density at radius 3 is 2.91 bits per heavy atom. The van der Waals surface area contributed by atoms with E-state index in [1.165, 1.54) is 5.01 Å². The monoisotopic (exact) mass is 312 g/mol. The second kappa shape index (κ2) is 6.39. The fourth-order valence-electron chi connectivity index (χ4n) is 2.28.